The predicted octanol–water partition coefficient (Wildman–Crippen LogP) is 3.99. The summed E-state index contributed by atoms with van der Waals surface area (Å²) in [7, 11) is 0. The molecule has 188 valence electrons. The fourth-order valence-electron chi connectivity index (χ4n) is 3.40. The topological polar surface area (TPSA) is 162 Å². The molecule has 3 rings (SSSR count). The van der Waals surface area contributed by atoms with Crippen molar-refractivity contribution in [2.75, 3.05) is 13.2 Å². The molecule has 1 aliphatic heterocycles. The van der Waals surface area contributed by atoms with E-state index in [4.69, 9.17) is 25.8 Å². The zero-order valence-corrected chi connectivity index (χ0v) is 19.7. The number of nitrogens with zero attached hydrogens (tertiary/aromatic N) is 3. The lowest BCUT2D eigenvalue weighted by Crippen LogP contribution is -2.42. The molecule has 0 spiro atoms. The number of hydrogen-bond donors (Lipinski definition) is 0. The number of hydrogen-bond acceptors (Lipinski definition) is 11. The quantitative estimate of drug-likeness (QED) is 0.257. The second kappa shape index (κ2) is 10.7. The Hall–Kier alpha value is -3.71. The third-order valence-electron chi connectivity index (χ3n) is 5.36. The third kappa shape index (κ3) is 6.45. The SMILES string of the molecule is Cc1ncc2c(c1OC(=O)OC[C@H](O[N+](=O)[O-])C(C)(C)CO[N+](=O)[O-])CO[C@H]2c1ccc(Cl)cc1. The van der Waals surface area contributed by atoms with Crippen molar-refractivity contribution in [3.8, 4) is 5.75 Å². The summed E-state index contributed by atoms with van der Waals surface area (Å²) >= 11 is 5.95. The molecule has 0 N–H and O–H groups in total. The third-order valence-corrected chi connectivity index (χ3v) is 5.61. The smallest absolute Gasteiger partial charge is 0.432 e. The van der Waals surface area contributed by atoms with E-state index in [9.17, 15) is 25.0 Å². The van der Waals surface area contributed by atoms with Gasteiger partial charge in [-0.2, -0.15) is 0 Å². The van der Waals surface area contributed by atoms with Gasteiger partial charge in [-0.1, -0.05) is 37.6 Å². The monoisotopic (exact) mass is 511 g/mol. The van der Waals surface area contributed by atoms with E-state index in [0.717, 1.165) is 5.56 Å². The molecule has 1 aromatic carbocycles. The number of rotatable bonds is 10. The first-order valence-electron chi connectivity index (χ1n) is 10.3. The lowest BCUT2D eigenvalue weighted by Gasteiger charge is -2.30. The summed E-state index contributed by atoms with van der Waals surface area (Å²) in [5, 5.41) is 19.8. The molecule has 1 aliphatic rings. The maximum absolute atomic E-state index is 12.4. The van der Waals surface area contributed by atoms with E-state index >= 15 is 0 Å². The highest BCUT2D eigenvalue weighted by atomic mass is 35.5. The first kappa shape index (κ1) is 25.9. The Morgan fingerprint density at radius 3 is 2.57 bits per heavy atom. The van der Waals surface area contributed by atoms with Crippen molar-refractivity contribution in [3.05, 3.63) is 78.1 Å². The van der Waals surface area contributed by atoms with Gasteiger partial charge in [-0.15, -0.1) is 20.2 Å². The van der Waals surface area contributed by atoms with Crippen LogP contribution in [0.2, 0.25) is 5.02 Å². The molecule has 14 heteroatoms. The number of fused-ring (bicyclic) bond motifs is 1. The van der Waals surface area contributed by atoms with Crippen LogP contribution in [-0.4, -0.2) is 40.6 Å². The van der Waals surface area contributed by atoms with Gasteiger partial charge in [-0.3, -0.25) is 4.98 Å². The Labute approximate surface area is 204 Å². The predicted molar refractivity (Wildman–Crippen MR) is 118 cm³/mol. The standard InChI is InChI=1S/C21H22ClN3O10/c1-12-18(16-9-31-19(15(16)8-23-12)13-4-6-14(22)7-5-13)34-20(26)32-10-17(35-25(29)30)21(2,3)11-33-24(27)28/h4-8,17,19H,9-11H2,1-3H3/t17-,19-/m0/s1. The summed E-state index contributed by atoms with van der Waals surface area (Å²) in [5.74, 6) is 0.145. The second-order valence-corrected chi connectivity index (χ2v) is 8.75. The highest BCUT2D eigenvalue weighted by Crippen LogP contribution is 2.41. The normalized spacial score (nSPS) is 15.6. The Balaban J connectivity index is 1.72. The number of halogens is 1. The van der Waals surface area contributed by atoms with Gasteiger partial charge in [0.1, 0.15) is 25.4 Å². The van der Waals surface area contributed by atoms with Crippen LogP contribution in [-0.2, 0) is 25.8 Å². The van der Waals surface area contributed by atoms with E-state index in [1.165, 1.54) is 13.8 Å². The van der Waals surface area contributed by atoms with Gasteiger partial charge in [0.25, 0.3) is 10.2 Å². The molecule has 0 radical (unpaired) electrons. The molecular weight excluding hydrogens is 490 g/mol. The highest BCUT2D eigenvalue weighted by molar-refractivity contribution is 6.30. The molecule has 0 saturated carbocycles. The van der Waals surface area contributed by atoms with Gasteiger partial charge in [-0.05, 0) is 24.6 Å². The van der Waals surface area contributed by atoms with Crippen LogP contribution in [0, 0.1) is 32.6 Å². The van der Waals surface area contributed by atoms with Crippen molar-refractivity contribution < 1.29 is 38.9 Å². The summed E-state index contributed by atoms with van der Waals surface area (Å²) < 4.78 is 16.3. The molecule has 0 bridgehead atoms. The Kier molecular flexibility index (Phi) is 7.92. The van der Waals surface area contributed by atoms with Gasteiger partial charge >= 0.3 is 6.16 Å². The fourth-order valence-corrected chi connectivity index (χ4v) is 3.53. The summed E-state index contributed by atoms with van der Waals surface area (Å²) in [4.78, 5) is 47.0. The van der Waals surface area contributed by atoms with Crippen LogP contribution in [0.15, 0.2) is 30.5 Å². The lowest BCUT2D eigenvalue weighted by atomic mass is 9.88. The average molecular weight is 512 g/mol. The summed E-state index contributed by atoms with van der Waals surface area (Å²) in [6.07, 6.45) is -1.34. The fraction of sp³-hybridized carbons (Fsp3) is 0.429. The van der Waals surface area contributed by atoms with E-state index < -0.39 is 47.2 Å². The average Bonchev–Trinajstić information content (AvgIpc) is 3.22. The van der Waals surface area contributed by atoms with Gasteiger partial charge in [0.15, 0.2) is 5.75 Å². The molecule has 0 saturated heterocycles. The van der Waals surface area contributed by atoms with Crippen LogP contribution in [0.4, 0.5) is 4.79 Å². The van der Waals surface area contributed by atoms with Crippen LogP contribution in [0.1, 0.15) is 42.3 Å². The molecule has 2 aromatic rings. The number of carbonyl (C=O) groups is 1. The van der Waals surface area contributed by atoms with Crippen molar-refractivity contribution >= 4 is 17.8 Å². The van der Waals surface area contributed by atoms with E-state index in [-0.39, 0.29) is 12.4 Å². The molecule has 2 atom stereocenters. The molecule has 0 amide bonds. The molecule has 1 aromatic heterocycles. The minimum atomic E-state index is -1.37. The van der Waals surface area contributed by atoms with Gasteiger partial charge in [0.2, 0.25) is 0 Å². The zero-order chi connectivity index (χ0) is 25.8. The van der Waals surface area contributed by atoms with Crippen molar-refractivity contribution in [2.45, 2.75) is 39.6 Å². The Morgan fingerprint density at radius 2 is 1.94 bits per heavy atom. The first-order valence-corrected chi connectivity index (χ1v) is 10.6. The van der Waals surface area contributed by atoms with Crippen LogP contribution >= 0.6 is 11.6 Å². The summed E-state index contributed by atoms with van der Waals surface area (Å²) in [5.41, 5.74) is 1.29. The Morgan fingerprint density at radius 1 is 1.26 bits per heavy atom. The van der Waals surface area contributed by atoms with Gasteiger partial charge < -0.3 is 23.9 Å². The first-order chi connectivity index (χ1) is 16.5. The van der Waals surface area contributed by atoms with E-state index in [1.54, 1.807) is 25.3 Å². The molecular formula is C21H22ClN3O10. The zero-order valence-electron chi connectivity index (χ0n) is 19.0. The van der Waals surface area contributed by atoms with Crippen molar-refractivity contribution in [3.63, 3.8) is 0 Å². The molecule has 0 fully saturated rings. The number of ether oxygens (including phenoxy) is 3. The number of pyridine rings is 1. The lowest BCUT2D eigenvalue weighted by molar-refractivity contribution is -0.780. The molecule has 13 nitrogen and oxygen atoms in total. The van der Waals surface area contributed by atoms with Gasteiger partial charge in [-0.25, -0.2) is 4.79 Å². The number of aromatic nitrogens is 1. The van der Waals surface area contributed by atoms with Gasteiger partial charge in [0, 0.05) is 27.8 Å². The van der Waals surface area contributed by atoms with E-state index in [0.29, 0.717) is 21.8 Å². The molecule has 35 heavy (non-hydrogen) atoms. The highest BCUT2D eigenvalue weighted by Gasteiger charge is 2.36. The van der Waals surface area contributed by atoms with Crippen LogP contribution in [0.5, 0.6) is 5.75 Å². The van der Waals surface area contributed by atoms with Crippen LogP contribution < -0.4 is 4.74 Å². The maximum atomic E-state index is 12.4. The number of benzene rings is 1. The number of aryl methyl sites for hydroxylation is 1. The van der Waals surface area contributed by atoms with Crippen LogP contribution in [0.25, 0.3) is 0 Å². The second-order valence-electron chi connectivity index (χ2n) is 8.32. The molecule has 0 unspecified atom stereocenters. The summed E-state index contributed by atoms with van der Waals surface area (Å²) in [6, 6.07) is 7.10. The Bertz CT molecular complexity index is 1110. The number of carbonyl (C=O) groups excluding carboxylic acids is 1. The minimum Gasteiger partial charge on any atom is -0.432 e. The van der Waals surface area contributed by atoms with Crippen molar-refractivity contribution in [1.29, 1.82) is 0 Å². The van der Waals surface area contributed by atoms with Gasteiger partial charge in [0.05, 0.1) is 12.3 Å². The largest absolute Gasteiger partial charge is 0.513 e. The van der Waals surface area contributed by atoms with Crippen molar-refractivity contribution in [2.24, 2.45) is 5.41 Å². The van der Waals surface area contributed by atoms with E-state index in [2.05, 4.69) is 14.7 Å². The molecule has 0 aliphatic carbocycles. The minimum absolute atomic E-state index is 0.145. The van der Waals surface area contributed by atoms with Crippen LogP contribution in [0.3, 0.4) is 0 Å². The van der Waals surface area contributed by atoms with Crippen molar-refractivity contribution in [1.82, 2.24) is 4.98 Å². The maximum Gasteiger partial charge on any atom is 0.513 e. The summed E-state index contributed by atoms with van der Waals surface area (Å²) in [6.45, 7) is 3.47. The molecule has 2 heterocycles. The van der Waals surface area contributed by atoms with E-state index in [1.807, 2.05) is 12.1 Å².